The Hall–Kier alpha value is -0.860. The second kappa shape index (κ2) is 6.57. The summed E-state index contributed by atoms with van der Waals surface area (Å²) >= 11 is 0. The molecule has 0 radical (unpaired) electrons. The lowest BCUT2D eigenvalue weighted by molar-refractivity contribution is -0.0796. The molecular formula is C21H33NO. The van der Waals surface area contributed by atoms with Gasteiger partial charge in [0.15, 0.2) is 0 Å². The highest BCUT2D eigenvalue weighted by Crippen LogP contribution is 2.38. The zero-order chi connectivity index (χ0) is 16.6. The first-order valence-electron chi connectivity index (χ1n) is 9.33. The third-order valence-corrected chi connectivity index (χ3v) is 5.62. The lowest BCUT2D eigenvalue weighted by atomic mass is 9.85. The fourth-order valence-electron chi connectivity index (χ4n) is 4.36. The van der Waals surface area contributed by atoms with Gasteiger partial charge in [-0.3, -0.25) is 4.90 Å². The first-order valence-corrected chi connectivity index (χ1v) is 9.33. The van der Waals surface area contributed by atoms with Crippen molar-refractivity contribution in [3.8, 4) is 0 Å². The van der Waals surface area contributed by atoms with E-state index in [0.29, 0.717) is 12.2 Å². The summed E-state index contributed by atoms with van der Waals surface area (Å²) in [7, 11) is 0. The third kappa shape index (κ3) is 3.97. The maximum absolute atomic E-state index is 5.89. The maximum Gasteiger partial charge on any atom is 0.0678 e. The van der Waals surface area contributed by atoms with Crippen molar-refractivity contribution < 1.29 is 4.74 Å². The maximum atomic E-state index is 5.89. The van der Waals surface area contributed by atoms with Crippen molar-refractivity contribution in [2.24, 2.45) is 0 Å². The second-order valence-electron chi connectivity index (χ2n) is 8.75. The Kier molecular flexibility index (Phi) is 4.85. The van der Waals surface area contributed by atoms with Gasteiger partial charge < -0.3 is 4.74 Å². The summed E-state index contributed by atoms with van der Waals surface area (Å²) in [5, 5.41) is 0. The van der Waals surface area contributed by atoms with E-state index in [1.54, 1.807) is 0 Å². The topological polar surface area (TPSA) is 12.5 Å². The van der Waals surface area contributed by atoms with Crippen LogP contribution in [0.4, 0.5) is 0 Å². The summed E-state index contributed by atoms with van der Waals surface area (Å²) in [6.45, 7) is 13.5. The monoisotopic (exact) mass is 315 g/mol. The molecule has 2 nitrogen and oxygen atoms in total. The molecule has 1 heterocycles. The highest BCUT2D eigenvalue weighted by atomic mass is 16.5. The predicted octanol–water partition coefficient (Wildman–Crippen LogP) is 4.73. The number of nitrogens with zero attached hydrogens (tertiary/aromatic N) is 1. The van der Waals surface area contributed by atoms with Crippen LogP contribution in [0.5, 0.6) is 0 Å². The van der Waals surface area contributed by atoms with Crippen molar-refractivity contribution in [2.75, 3.05) is 13.1 Å². The van der Waals surface area contributed by atoms with Crippen LogP contribution in [0.1, 0.15) is 70.9 Å². The number of hydrogen-bond donors (Lipinski definition) is 0. The fraction of sp³-hybridized carbons (Fsp3) is 0.714. The van der Waals surface area contributed by atoms with Crippen LogP contribution in [0.25, 0.3) is 0 Å². The molecule has 128 valence electrons. The largest absolute Gasteiger partial charge is 0.373 e. The highest BCUT2D eigenvalue weighted by Gasteiger charge is 2.34. The van der Waals surface area contributed by atoms with Crippen molar-refractivity contribution in [1.82, 2.24) is 4.90 Å². The molecule has 1 aliphatic heterocycles. The number of morpholine rings is 1. The van der Waals surface area contributed by atoms with E-state index >= 15 is 0 Å². The van der Waals surface area contributed by atoms with Crippen LogP contribution in [0.15, 0.2) is 24.3 Å². The van der Waals surface area contributed by atoms with Crippen LogP contribution >= 0.6 is 0 Å². The number of rotatable bonds is 2. The highest BCUT2D eigenvalue weighted by molar-refractivity contribution is 5.30. The Morgan fingerprint density at radius 2 is 1.57 bits per heavy atom. The van der Waals surface area contributed by atoms with Gasteiger partial charge in [-0.15, -0.1) is 0 Å². The quantitative estimate of drug-likeness (QED) is 0.782. The van der Waals surface area contributed by atoms with Crippen molar-refractivity contribution >= 4 is 0 Å². The third-order valence-electron chi connectivity index (χ3n) is 5.62. The summed E-state index contributed by atoms with van der Waals surface area (Å²) in [4.78, 5) is 2.68. The van der Waals surface area contributed by atoms with Gasteiger partial charge in [0.25, 0.3) is 0 Å². The lowest BCUT2D eigenvalue weighted by Gasteiger charge is -2.39. The van der Waals surface area contributed by atoms with E-state index in [1.165, 1.54) is 30.4 Å². The molecular weight excluding hydrogens is 282 g/mol. The van der Waals surface area contributed by atoms with E-state index in [-0.39, 0.29) is 5.41 Å². The van der Waals surface area contributed by atoms with Crippen LogP contribution in [-0.2, 0) is 10.2 Å². The minimum absolute atomic E-state index is 0.247. The molecule has 0 aromatic heterocycles. The van der Waals surface area contributed by atoms with Gasteiger partial charge in [0.05, 0.1) is 12.2 Å². The van der Waals surface area contributed by atoms with Crippen LogP contribution < -0.4 is 0 Å². The summed E-state index contributed by atoms with van der Waals surface area (Å²) in [5.74, 6) is 0.738. The Morgan fingerprint density at radius 3 is 2.13 bits per heavy atom. The van der Waals surface area contributed by atoms with E-state index in [2.05, 4.69) is 63.8 Å². The Labute approximate surface area is 142 Å². The standard InChI is InChI=1S/C21H33NO/c1-15-13-22(14-16(2)23-15)20-11-8-18(12-20)17-6-9-19(10-7-17)21(3,4)5/h6-7,9-10,15-16,18,20H,8,11-14H2,1-5H3/t15-,16+,18-,20-/m0/s1. The molecule has 4 atom stereocenters. The molecule has 1 aliphatic carbocycles. The molecule has 1 aromatic carbocycles. The smallest absolute Gasteiger partial charge is 0.0678 e. The SMILES string of the molecule is C[C@@H]1CN([C@H]2CC[C@H](c3ccc(C(C)(C)C)cc3)C2)C[C@H](C)O1. The van der Waals surface area contributed by atoms with E-state index in [4.69, 9.17) is 4.74 Å². The summed E-state index contributed by atoms with van der Waals surface area (Å²) in [6, 6.07) is 10.2. The van der Waals surface area contributed by atoms with Crippen molar-refractivity contribution in [3.63, 3.8) is 0 Å². The van der Waals surface area contributed by atoms with Gasteiger partial charge in [-0.1, -0.05) is 45.0 Å². The van der Waals surface area contributed by atoms with E-state index in [0.717, 1.165) is 25.0 Å². The molecule has 0 N–H and O–H groups in total. The van der Waals surface area contributed by atoms with Crippen LogP contribution in [0, 0.1) is 0 Å². The van der Waals surface area contributed by atoms with Gasteiger partial charge in [0.1, 0.15) is 0 Å². The average Bonchev–Trinajstić information content (AvgIpc) is 2.95. The van der Waals surface area contributed by atoms with E-state index < -0.39 is 0 Å². The van der Waals surface area contributed by atoms with Crippen molar-refractivity contribution in [2.45, 2.75) is 83.5 Å². The molecule has 2 aliphatic rings. The molecule has 0 bridgehead atoms. The van der Waals surface area contributed by atoms with Gasteiger partial charge in [-0.2, -0.15) is 0 Å². The first-order chi connectivity index (χ1) is 10.8. The zero-order valence-corrected chi connectivity index (χ0v) is 15.5. The molecule has 1 saturated carbocycles. The summed E-state index contributed by atoms with van der Waals surface area (Å²) in [5.41, 5.74) is 3.22. The number of benzene rings is 1. The van der Waals surface area contributed by atoms with E-state index in [9.17, 15) is 0 Å². The predicted molar refractivity (Wildman–Crippen MR) is 97.1 cm³/mol. The normalized spacial score (nSPS) is 33.1. The molecule has 0 unspecified atom stereocenters. The Morgan fingerprint density at radius 1 is 0.957 bits per heavy atom. The number of ether oxygens (including phenoxy) is 1. The van der Waals surface area contributed by atoms with Crippen LogP contribution in [0.3, 0.4) is 0 Å². The molecule has 3 rings (SSSR count). The van der Waals surface area contributed by atoms with Gasteiger partial charge in [-0.05, 0) is 55.6 Å². The molecule has 0 amide bonds. The molecule has 0 spiro atoms. The summed E-state index contributed by atoms with van der Waals surface area (Å²) < 4.78 is 5.89. The summed E-state index contributed by atoms with van der Waals surface area (Å²) in [6.07, 6.45) is 4.74. The Balaban J connectivity index is 1.63. The molecule has 2 fully saturated rings. The minimum atomic E-state index is 0.247. The van der Waals surface area contributed by atoms with Gasteiger partial charge in [0.2, 0.25) is 0 Å². The number of hydrogen-bond acceptors (Lipinski definition) is 2. The second-order valence-corrected chi connectivity index (χ2v) is 8.75. The molecule has 1 aromatic rings. The average molecular weight is 316 g/mol. The van der Waals surface area contributed by atoms with Gasteiger partial charge in [-0.25, -0.2) is 0 Å². The van der Waals surface area contributed by atoms with Gasteiger partial charge >= 0.3 is 0 Å². The molecule has 2 heteroatoms. The van der Waals surface area contributed by atoms with Crippen LogP contribution in [0.2, 0.25) is 0 Å². The van der Waals surface area contributed by atoms with E-state index in [1.807, 2.05) is 0 Å². The minimum Gasteiger partial charge on any atom is -0.373 e. The molecule has 23 heavy (non-hydrogen) atoms. The van der Waals surface area contributed by atoms with Crippen molar-refractivity contribution in [1.29, 1.82) is 0 Å². The van der Waals surface area contributed by atoms with Crippen molar-refractivity contribution in [3.05, 3.63) is 35.4 Å². The Bertz CT molecular complexity index is 506. The zero-order valence-electron chi connectivity index (χ0n) is 15.5. The first kappa shape index (κ1) is 17.0. The fourth-order valence-corrected chi connectivity index (χ4v) is 4.36. The van der Waals surface area contributed by atoms with Gasteiger partial charge in [0, 0.05) is 19.1 Å². The molecule has 1 saturated heterocycles. The van der Waals surface area contributed by atoms with Crippen LogP contribution in [-0.4, -0.2) is 36.2 Å². The lowest BCUT2D eigenvalue weighted by Crippen LogP contribution is -2.49.